The Hall–Kier alpha value is -2.11. The van der Waals surface area contributed by atoms with Gasteiger partial charge in [0.1, 0.15) is 11.9 Å². The molecule has 1 fully saturated rings. The molecule has 3 N–H and O–H groups in total. The van der Waals surface area contributed by atoms with Crippen molar-refractivity contribution >= 4 is 17.6 Å². The van der Waals surface area contributed by atoms with E-state index in [0.29, 0.717) is 13.0 Å². The highest BCUT2D eigenvalue weighted by Crippen LogP contribution is 2.27. The van der Waals surface area contributed by atoms with Gasteiger partial charge in [-0.05, 0) is 30.5 Å². The molecule has 1 aromatic carbocycles. The van der Waals surface area contributed by atoms with Crippen LogP contribution in [0.1, 0.15) is 23.7 Å². The number of anilines is 1. The van der Waals surface area contributed by atoms with Gasteiger partial charge in [-0.1, -0.05) is 6.92 Å². The third-order valence-electron chi connectivity index (χ3n) is 3.46. The molecule has 102 valence electrons. The summed E-state index contributed by atoms with van der Waals surface area (Å²) in [7, 11) is 0. The van der Waals surface area contributed by atoms with Crippen molar-refractivity contribution in [3.05, 3.63) is 29.6 Å². The SMILES string of the molecule is CC1CCN(C(=O)c2cc(F)ccc2N)C1C(=O)O. The number of halogens is 1. The maximum absolute atomic E-state index is 13.2. The molecule has 0 radical (unpaired) electrons. The van der Waals surface area contributed by atoms with Crippen molar-refractivity contribution in [2.75, 3.05) is 12.3 Å². The van der Waals surface area contributed by atoms with Crippen molar-refractivity contribution in [3.8, 4) is 0 Å². The van der Waals surface area contributed by atoms with Gasteiger partial charge in [-0.25, -0.2) is 9.18 Å². The molecule has 1 heterocycles. The highest BCUT2D eigenvalue weighted by atomic mass is 19.1. The normalized spacial score (nSPS) is 22.5. The van der Waals surface area contributed by atoms with E-state index in [1.165, 1.54) is 11.0 Å². The lowest BCUT2D eigenvalue weighted by Crippen LogP contribution is -2.43. The van der Waals surface area contributed by atoms with Gasteiger partial charge in [0.25, 0.3) is 5.91 Å². The number of rotatable bonds is 2. The summed E-state index contributed by atoms with van der Waals surface area (Å²) in [5.74, 6) is -2.28. The van der Waals surface area contributed by atoms with Gasteiger partial charge in [-0.15, -0.1) is 0 Å². The van der Waals surface area contributed by atoms with Crippen LogP contribution in [0.25, 0.3) is 0 Å². The number of likely N-dealkylation sites (tertiary alicyclic amines) is 1. The molecule has 2 atom stereocenters. The van der Waals surface area contributed by atoms with Crippen LogP contribution in [-0.4, -0.2) is 34.5 Å². The molecule has 0 bridgehead atoms. The van der Waals surface area contributed by atoms with Gasteiger partial charge in [0.2, 0.25) is 0 Å². The molecule has 6 heteroatoms. The van der Waals surface area contributed by atoms with Crippen LogP contribution < -0.4 is 5.73 Å². The fourth-order valence-electron chi connectivity index (χ4n) is 2.42. The van der Waals surface area contributed by atoms with Crippen LogP contribution in [0.5, 0.6) is 0 Å². The van der Waals surface area contributed by atoms with Crippen LogP contribution >= 0.6 is 0 Å². The Morgan fingerprint density at radius 1 is 1.47 bits per heavy atom. The molecular formula is C13H15FN2O3. The molecular weight excluding hydrogens is 251 g/mol. The Bertz CT molecular complexity index is 533. The molecule has 19 heavy (non-hydrogen) atoms. The Morgan fingerprint density at radius 3 is 2.79 bits per heavy atom. The molecule has 2 rings (SSSR count). The zero-order chi connectivity index (χ0) is 14.2. The summed E-state index contributed by atoms with van der Waals surface area (Å²) < 4.78 is 13.2. The van der Waals surface area contributed by atoms with Gasteiger partial charge in [-0.2, -0.15) is 0 Å². The molecule has 1 amide bonds. The van der Waals surface area contributed by atoms with E-state index < -0.39 is 23.7 Å². The fourth-order valence-corrected chi connectivity index (χ4v) is 2.42. The average Bonchev–Trinajstić information content (AvgIpc) is 2.73. The third kappa shape index (κ3) is 2.38. The second-order valence-corrected chi connectivity index (χ2v) is 4.78. The molecule has 1 aliphatic rings. The number of nitrogens with two attached hydrogens (primary N) is 1. The molecule has 0 spiro atoms. The third-order valence-corrected chi connectivity index (χ3v) is 3.46. The maximum Gasteiger partial charge on any atom is 0.326 e. The van der Waals surface area contributed by atoms with Crippen molar-refractivity contribution in [1.29, 1.82) is 0 Å². The van der Waals surface area contributed by atoms with Gasteiger partial charge in [0.05, 0.1) is 5.56 Å². The van der Waals surface area contributed by atoms with Crippen LogP contribution in [0.15, 0.2) is 18.2 Å². The van der Waals surface area contributed by atoms with E-state index in [0.717, 1.165) is 12.1 Å². The number of amides is 1. The van der Waals surface area contributed by atoms with E-state index in [2.05, 4.69) is 0 Å². The van der Waals surface area contributed by atoms with E-state index in [-0.39, 0.29) is 17.2 Å². The number of nitrogen functional groups attached to an aromatic ring is 1. The number of carbonyl (C=O) groups excluding carboxylic acids is 1. The van der Waals surface area contributed by atoms with Crippen LogP contribution in [0.3, 0.4) is 0 Å². The first kappa shape index (κ1) is 13.3. The zero-order valence-electron chi connectivity index (χ0n) is 10.5. The summed E-state index contributed by atoms with van der Waals surface area (Å²) in [6.45, 7) is 2.12. The van der Waals surface area contributed by atoms with Crippen molar-refractivity contribution < 1.29 is 19.1 Å². The number of nitrogens with zero attached hydrogens (tertiary/aromatic N) is 1. The van der Waals surface area contributed by atoms with Crippen molar-refractivity contribution in [2.24, 2.45) is 5.92 Å². The smallest absolute Gasteiger partial charge is 0.326 e. The van der Waals surface area contributed by atoms with Gasteiger partial charge < -0.3 is 15.7 Å². The zero-order valence-corrected chi connectivity index (χ0v) is 10.5. The Balaban J connectivity index is 2.33. The molecule has 1 saturated heterocycles. The Morgan fingerprint density at radius 2 is 2.16 bits per heavy atom. The highest BCUT2D eigenvalue weighted by Gasteiger charge is 2.40. The quantitative estimate of drug-likeness (QED) is 0.791. The van der Waals surface area contributed by atoms with E-state index >= 15 is 0 Å². The predicted molar refractivity (Wildman–Crippen MR) is 67.1 cm³/mol. The van der Waals surface area contributed by atoms with Crippen molar-refractivity contribution in [1.82, 2.24) is 4.90 Å². The van der Waals surface area contributed by atoms with Crippen molar-refractivity contribution in [2.45, 2.75) is 19.4 Å². The van der Waals surface area contributed by atoms with Crippen molar-refractivity contribution in [3.63, 3.8) is 0 Å². The van der Waals surface area contributed by atoms with Crippen LogP contribution in [0, 0.1) is 11.7 Å². The first-order chi connectivity index (χ1) is 8.91. The summed E-state index contributed by atoms with van der Waals surface area (Å²) in [6.07, 6.45) is 0.609. The van der Waals surface area contributed by atoms with E-state index in [1.807, 2.05) is 0 Å². The summed E-state index contributed by atoms with van der Waals surface area (Å²) in [5.41, 5.74) is 5.82. The second-order valence-electron chi connectivity index (χ2n) is 4.78. The number of hydrogen-bond acceptors (Lipinski definition) is 3. The topological polar surface area (TPSA) is 83.6 Å². The minimum Gasteiger partial charge on any atom is -0.480 e. The largest absolute Gasteiger partial charge is 0.480 e. The van der Waals surface area contributed by atoms with E-state index in [9.17, 15) is 19.1 Å². The average molecular weight is 266 g/mol. The minimum absolute atomic E-state index is 0.0142. The maximum atomic E-state index is 13.2. The van der Waals surface area contributed by atoms with Crippen LogP contribution in [0.2, 0.25) is 0 Å². The number of carboxylic acid groups (broad SMARTS) is 1. The first-order valence-electron chi connectivity index (χ1n) is 6.00. The van der Waals surface area contributed by atoms with E-state index in [1.54, 1.807) is 6.92 Å². The molecule has 5 nitrogen and oxygen atoms in total. The van der Waals surface area contributed by atoms with Gasteiger partial charge >= 0.3 is 5.97 Å². The molecule has 2 unspecified atom stereocenters. The monoisotopic (exact) mass is 266 g/mol. The standard InChI is InChI=1S/C13H15FN2O3/c1-7-4-5-16(11(7)13(18)19)12(17)9-6-8(14)2-3-10(9)15/h2-3,6-7,11H,4-5,15H2,1H3,(H,18,19). The number of hydrogen-bond donors (Lipinski definition) is 2. The number of aliphatic carboxylic acids is 1. The first-order valence-corrected chi connectivity index (χ1v) is 6.00. The summed E-state index contributed by atoms with van der Waals surface area (Å²) >= 11 is 0. The van der Waals surface area contributed by atoms with Gasteiger partial charge in [0.15, 0.2) is 0 Å². The molecule has 0 aliphatic carbocycles. The lowest BCUT2D eigenvalue weighted by atomic mass is 10.0. The van der Waals surface area contributed by atoms with Crippen LogP contribution in [-0.2, 0) is 4.79 Å². The number of benzene rings is 1. The number of carboxylic acids is 1. The number of carbonyl (C=O) groups is 2. The molecule has 1 aliphatic heterocycles. The minimum atomic E-state index is -1.05. The second kappa shape index (κ2) is 4.87. The van der Waals surface area contributed by atoms with Gasteiger partial charge in [-0.3, -0.25) is 4.79 Å². The highest BCUT2D eigenvalue weighted by molar-refractivity contribution is 6.01. The summed E-state index contributed by atoms with van der Waals surface area (Å²) in [6, 6.07) is 2.63. The molecule has 0 saturated carbocycles. The lowest BCUT2D eigenvalue weighted by molar-refractivity contribution is -0.142. The lowest BCUT2D eigenvalue weighted by Gasteiger charge is -2.24. The van der Waals surface area contributed by atoms with E-state index in [4.69, 9.17) is 5.73 Å². The Labute approximate surface area is 109 Å². The van der Waals surface area contributed by atoms with Crippen LogP contribution in [0.4, 0.5) is 10.1 Å². The van der Waals surface area contributed by atoms with Gasteiger partial charge in [0, 0.05) is 12.2 Å². The summed E-state index contributed by atoms with van der Waals surface area (Å²) in [5, 5.41) is 9.17. The summed E-state index contributed by atoms with van der Waals surface area (Å²) in [4.78, 5) is 24.8. The Kier molecular flexibility index (Phi) is 3.42. The molecule has 0 aromatic heterocycles. The molecule has 1 aromatic rings. The predicted octanol–water partition coefficient (Wildman–Crippen LogP) is 1.34. The fraction of sp³-hybridized carbons (Fsp3) is 0.385.